The molecule has 0 aromatic carbocycles. The Hall–Kier alpha value is -0.570. The number of hydrogen-bond acceptors (Lipinski definition) is 2. The second-order valence-electron chi connectivity index (χ2n) is 5.65. The summed E-state index contributed by atoms with van der Waals surface area (Å²) >= 11 is 0. The fraction of sp³-hybridized carbons (Fsp3) is 0.933. The third-order valence-electron chi connectivity index (χ3n) is 4.29. The molecule has 0 spiro atoms. The average Bonchev–Trinajstić information content (AvgIpc) is 2.39. The van der Waals surface area contributed by atoms with Crippen LogP contribution >= 0.6 is 0 Å². The summed E-state index contributed by atoms with van der Waals surface area (Å²) in [5.74, 6) is 0.990. The first-order valence-electron chi connectivity index (χ1n) is 7.55. The number of amides is 1. The van der Waals surface area contributed by atoms with E-state index in [1.165, 1.54) is 6.42 Å². The molecule has 0 aliphatic heterocycles. The molecule has 1 aliphatic rings. The Bertz CT molecular complexity index is 235. The van der Waals surface area contributed by atoms with Crippen molar-refractivity contribution in [2.24, 2.45) is 5.92 Å². The van der Waals surface area contributed by atoms with Crippen LogP contribution in [-0.4, -0.2) is 35.6 Å². The van der Waals surface area contributed by atoms with Crippen LogP contribution in [0.2, 0.25) is 0 Å². The molecule has 3 nitrogen and oxygen atoms in total. The molecule has 1 rings (SSSR count). The van der Waals surface area contributed by atoms with Crippen LogP contribution in [0, 0.1) is 5.92 Å². The van der Waals surface area contributed by atoms with Gasteiger partial charge in [-0.2, -0.15) is 0 Å². The molecule has 1 saturated carbocycles. The first-order valence-corrected chi connectivity index (χ1v) is 7.55. The van der Waals surface area contributed by atoms with Crippen molar-refractivity contribution in [2.75, 3.05) is 13.7 Å². The smallest absolute Gasteiger partial charge is 0.222 e. The number of hydrogen-bond donors (Lipinski definition) is 1. The van der Waals surface area contributed by atoms with Gasteiger partial charge in [0.25, 0.3) is 0 Å². The predicted molar refractivity (Wildman–Crippen MR) is 74.4 cm³/mol. The highest BCUT2D eigenvalue weighted by atomic mass is 16.3. The van der Waals surface area contributed by atoms with E-state index in [0.29, 0.717) is 30.9 Å². The van der Waals surface area contributed by atoms with Crippen molar-refractivity contribution in [1.82, 2.24) is 4.90 Å². The van der Waals surface area contributed by atoms with E-state index >= 15 is 0 Å². The predicted octanol–water partition coefficient (Wildman–Crippen LogP) is 2.97. The Kier molecular flexibility index (Phi) is 7.33. The topological polar surface area (TPSA) is 40.5 Å². The van der Waals surface area contributed by atoms with Crippen molar-refractivity contribution in [3.8, 4) is 0 Å². The summed E-state index contributed by atoms with van der Waals surface area (Å²) < 4.78 is 0. The third-order valence-corrected chi connectivity index (χ3v) is 4.29. The maximum absolute atomic E-state index is 12.0. The van der Waals surface area contributed by atoms with Crippen LogP contribution < -0.4 is 0 Å². The highest BCUT2D eigenvalue weighted by Crippen LogP contribution is 2.29. The molecular formula is C15H29NO2. The van der Waals surface area contributed by atoms with E-state index in [-0.39, 0.29) is 0 Å². The molecule has 0 aromatic rings. The molecule has 0 aromatic heterocycles. The third kappa shape index (κ3) is 4.97. The minimum Gasteiger partial charge on any atom is -0.396 e. The first-order chi connectivity index (χ1) is 8.69. The summed E-state index contributed by atoms with van der Waals surface area (Å²) in [5.41, 5.74) is 0. The van der Waals surface area contributed by atoms with Crippen molar-refractivity contribution >= 4 is 5.91 Å². The molecule has 3 heteroatoms. The van der Waals surface area contributed by atoms with Gasteiger partial charge in [-0.15, -0.1) is 0 Å². The molecule has 0 bridgehead atoms. The summed E-state index contributed by atoms with van der Waals surface area (Å²) in [6, 6.07) is 0.439. The lowest BCUT2D eigenvalue weighted by molar-refractivity contribution is -0.132. The maximum atomic E-state index is 12.0. The number of rotatable bonds is 7. The zero-order valence-electron chi connectivity index (χ0n) is 12.0. The average molecular weight is 255 g/mol. The van der Waals surface area contributed by atoms with Crippen molar-refractivity contribution in [2.45, 2.75) is 70.8 Å². The van der Waals surface area contributed by atoms with Gasteiger partial charge in [0.05, 0.1) is 0 Å². The monoisotopic (exact) mass is 255 g/mol. The van der Waals surface area contributed by atoms with Crippen molar-refractivity contribution in [3.63, 3.8) is 0 Å². The molecule has 0 saturated heterocycles. The molecule has 1 amide bonds. The Morgan fingerprint density at radius 2 is 1.89 bits per heavy atom. The number of unbranched alkanes of at least 4 members (excludes halogenated alkanes) is 2. The van der Waals surface area contributed by atoms with E-state index in [9.17, 15) is 4.79 Å². The number of aliphatic hydroxyl groups is 1. The summed E-state index contributed by atoms with van der Waals surface area (Å²) in [6.45, 7) is 2.47. The molecular weight excluding hydrogens is 226 g/mol. The molecule has 1 fully saturated rings. The standard InChI is InChI=1S/C15H29NO2/c1-3-4-5-6-15(18)16(2)14-9-7-13(8-10-14)11-12-17/h13-14,17H,3-12H2,1-2H3. The number of nitrogens with zero attached hydrogens (tertiary/aromatic N) is 1. The lowest BCUT2D eigenvalue weighted by Crippen LogP contribution is -2.39. The molecule has 1 aliphatic carbocycles. The fourth-order valence-electron chi connectivity index (χ4n) is 2.91. The Balaban J connectivity index is 2.26. The van der Waals surface area contributed by atoms with E-state index in [4.69, 9.17) is 5.11 Å². The zero-order valence-corrected chi connectivity index (χ0v) is 12.0. The van der Waals surface area contributed by atoms with Crippen LogP contribution in [-0.2, 0) is 4.79 Å². The Morgan fingerprint density at radius 1 is 1.22 bits per heavy atom. The quantitative estimate of drug-likeness (QED) is 0.711. The summed E-state index contributed by atoms with van der Waals surface area (Å²) in [5, 5.41) is 8.94. The van der Waals surface area contributed by atoms with Gasteiger partial charge in [-0.1, -0.05) is 19.8 Å². The van der Waals surface area contributed by atoms with Crippen LogP contribution in [0.25, 0.3) is 0 Å². The van der Waals surface area contributed by atoms with Crippen LogP contribution in [0.5, 0.6) is 0 Å². The number of carbonyl (C=O) groups excluding carboxylic acids is 1. The SMILES string of the molecule is CCCCCC(=O)N(C)C1CCC(CCO)CC1. The van der Waals surface area contributed by atoms with Crippen LogP contribution in [0.1, 0.15) is 64.7 Å². The molecule has 18 heavy (non-hydrogen) atoms. The minimum absolute atomic E-state index is 0.307. The molecule has 106 valence electrons. The van der Waals surface area contributed by atoms with E-state index in [0.717, 1.165) is 44.9 Å². The van der Waals surface area contributed by atoms with E-state index in [1.54, 1.807) is 0 Å². The Morgan fingerprint density at radius 3 is 2.44 bits per heavy atom. The van der Waals surface area contributed by atoms with Crippen LogP contribution in [0.4, 0.5) is 0 Å². The molecule has 0 unspecified atom stereocenters. The van der Waals surface area contributed by atoms with Gasteiger partial charge in [-0.05, 0) is 44.4 Å². The maximum Gasteiger partial charge on any atom is 0.222 e. The summed E-state index contributed by atoms with van der Waals surface area (Å²) in [7, 11) is 1.96. The lowest BCUT2D eigenvalue weighted by atomic mass is 9.83. The Labute approximate surface area is 112 Å². The van der Waals surface area contributed by atoms with Gasteiger partial charge in [0.2, 0.25) is 5.91 Å². The summed E-state index contributed by atoms with van der Waals surface area (Å²) in [6.07, 6.45) is 9.55. The number of aliphatic hydroxyl groups excluding tert-OH is 1. The highest BCUT2D eigenvalue weighted by molar-refractivity contribution is 5.76. The van der Waals surface area contributed by atoms with E-state index < -0.39 is 0 Å². The van der Waals surface area contributed by atoms with Gasteiger partial charge in [0.15, 0.2) is 0 Å². The second kappa shape index (κ2) is 8.52. The van der Waals surface area contributed by atoms with Crippen molar-refractivity contribution < 1.29 is 9.90 Å². The van der Waals surface area contributed by atoms with Crippen LogP contribution in [0.15, 0.2) is 0 Å². The van der Waals surface area contributed by atoms with Crippen LogP contribution in [0.3, 0.4) is 0 Å². The van der Waals surface area contributed by atoms with Crippen molar-refractivity contribution in [3.05, 3.63) is 0 Å². The lowest BCUT2D eigenvalue weighted by Gasteiger charge is -2.34. The van der Waals surface area contributed by atoms with E-state index in [1.807, 2.05) is 11.9 Å². The molecule has 1 N–H and O–H groups in total. The molecule has 0 heterocycles. The fourth-order valence-corrected chi connectivity index (χ4v) is 2.91. The normalized spacial score (nSPS) is 23.9. The van der Waals surface area contributed by atoms with Crippen molar-refractivity contribution in [1.29, 1.82) is 0 Å². The van der Waals surface area contributed by atoms with E-state index in [2.05, 4.69) is 6.92 Å². The largest absolute Gasteiger partial charge is 0.396 e. The van der Waals surface area contributed by atoms with Gasteiger partial charge in [-0.3, -0.25) is 4.79 Å². The highest BCUT2D eigenvalue weighted by Gasteiger charge is 2.25. The van der Waals surface area contributed by atoms with Gasteiger partial charge < -0.3 is 10.0 Å². The summed E-state index contributed by atoms with van der Waals surface area (Å²) in [4.78, 5) is 14.0. The van der Waals surface area contributed by atoms with Gasteiger partial charge in [0.1, 0.15) is 0 Å². The molecule has 0 atom stereocenters. The van der Waals surface area contributed by atoms with Gasteiger partial charge >= 0.3 is 0 Å². The first kappa shape index (κ1) is 15.5. The molecule has 0 radical (unpaired) electrons. The number of carbonyl (C=O) groups is 1. The zero-order chi connectivity index (χ0) is 13.4. The van der Waals surface area contributed by atoms with Gasteiger partial charge in [0, 0.05) is 26.1 Å². The second-order valence-corrected chi connectivity index (χ2v) is 5.65. The van der Waals surface area contributed by atoms with Gasteiger partial charge in [-0.25, -0.2) is 0 Å². The minimum atomic E-state index is 0.307.